The van der Waals surface area contributed by atoms with Crippen molar-refractivity contribution in [2.75, 3.05) is 18.0 Å². The first-order chi connectivity index (χ1) is 11.7. The molecule has 4 nitrogen and oxygen atoms in total. The molecule has 2 aliphatic rings. The van der Waals surface area contributed by atoms with Crippen LogP contribution < -0.4 is 10.2 Å². The summed E-state index contributed by atoms with van der Waals surface area (Å²) < 4.78 is 0. The predicted octanol–water partition coefficient (Wildman–Crippen LogP) is 3.30. The third-order valence-electron chi connectivity index (χ3n) is 5.40. The zero-order chi connectivity index (χ0) is 16.9. The second-order valence-electron chi connectivity index (χ2n) is 7.01. The summed E-state index contributed by atoms with van der Waals surface area (Å²) in [5.74, 6) is -0.0910. The van der Waals surface area contributed by atoms with Crippen LogP contribution in [0.25, 0.3) is 0 Å². The molecule has 1 aromatic carbocycles. The smallest absolute Gasteiger partial charge is 0.230 e. The Morgan fingerprint density at radius 2 is 1.92 bits per heavy atom. The predicted molar refractivity (Wildman–Crippen MR) is 95.9 cm³/mol. The van der Waals surface area contributed by atoms with Crippen molar-refractivity contribution in [3.63, 3.8) is 0 Å². The van der Waals surface area contributed by atoms with Gasteiger partial charge in [0, 0.05) is 24.7 Å². The van der Waals surface area contributed by atoms with Crippen molar-refractivity contribution < 1.29 is 9.59 Å². The zero-order valence-corrected chi connectivity index (χ0v) is 14.6. The molecule has 1 aliphatic carbocycles. The van der Waals surface area contributed by atoms with E-state index in [1.165, 1.54) is 5.56 Å². The SMILES string of the molecule is CCCCNC(=O)C1CCCCC1C(=O)N1CCc2ccccc21. The molecule has 130 valence electrons. The van der Waals surface area contributed by atoms with Gasteiger partial charge < -0.3 is 10.2 Å². The number of benzene rings is 1. The molecule has 0 aromatic heterocycles. The molecule has 4 heteroatoms. The van der Waals surface area contributed by atoms with Crippen LogP contribution in [-0.4, -0.2) is 24.9 Å². The number of anilines is 1. The maximum Gasteiger partial charge on any atom is 0.230 e. The summed E-state index contributed by atoms with van der Waals surface area (Å²) >= 11 is 0. The lowest BCUT2D eigenvalue weighted by Crippen LogP contribution is -2.45. The van der Waals surface area contributed by atoms with E-state index in [9.17, 15) is 9.59 Å². The number of fused-ring (bicyclic) bond motifs is 1. The molecule has 2 atom stereocenters. The summed E-state index contributed by atoms with van der Waals surface area (Å²) in [5.41, 5.74) is 2.28. The van der Waals surface area contributed by atoms with E-state index in [1.54, 1.807) is 0 Å². The number of nitrogens with one attached hydrogen (secondary N) is 1. The van der Waals surface area contributed by atoms with Gasteiger partial charge in [-0.2, -0.15) is 0 Å². The minimum Gasteiger partial charge on any atom is -0.356 e. The van der Waals surface area contributed by atoms with Crippen molar-refractivity contribution in [2.45, 2.75) is 51.9 Å². The van der Waals surface area contributed by atoms with E-state index in [2.05, 4.69) is 18.3 Å². The second kappa shape index (κ2) is 7.82. The summed E-state index contributed by atoms with van der Waals surface area (Å²) in [6, 6.07) is 8.13. The van der Waals surface area contributed by atoms with Crippen LogP contribution in [0.4, 0.5) is 5.69 Å². The number of rotatable bonds is 5. The van der Waals surface area contributed by atoms with Gasteiger partial charge in [-0.3, -0.25) is 9.59 Å². The largest absolute Gasteiger partial charge is 0.356 e. The maximum absolute atomic E-state index is 13.2. The molecule has 0 spiro atoms. The Hall–Kier alpha value is -1.84. The van der Waals surface area contributed by atoms with E-state index in [4.69, 9.17) is 0 Å². The first-order valence-electron chi connectivity index (χ1n) is 9.39. The van der Waals surface area contributed by atoms with Gasteiger partial charge in [-0.05, 0) is 37.3 Å². The third-order valence-corrected chi connectivity index (χ3v) is 5.40. The molecule has 24 heavy (non-hydrogen) atoms. The van der Waals surface area contributed by atoms with E-state index in [0.717, 1.165) is 63.7 Å². The molecular formula is C20H28N2O2. The lowest BCUT2D eigenvalue weighted by atomic mass is 9.77. The molecule has 3 rings (SSSR count). The summed E-state index contributed by atoms with van der Waals surface area (Å²) in [5, 5.41) is 3.04. The fraction of sp³-hybridized carbons (Fsp3) is 0.600. The van der Waals surface area contributed by atoms with Crippen molar-refractivity contribution in [1.29, 1.82) is 0 Å². The Kier molecular flexibility index (Phi) is 5.54. The van der Waals surface area contributed by atoms with Crippen molar-refractivity contribution in [3.05, 3.63) is 29.8 Å². The van der Waals surface area contributed by atoms with Crippen LogP contribution in [0.1, 0.15) is 51.0 Å². The fourth-order valence-corrected chi connectivity index (χ4v) is 4.03. The molecular weight excluding hydrogens is 300 g/mol. The number of carbonyl (C=O) groups is 2. The van der Waals surface area contributed by atoms with Crippen LogP contribution in [-0.2, 0) is 16.0 Å². The van der Waals surface area contributed by atoms with Crippen LogP contribution in [0.2, 0.25) is 0 Å². The molecule has 1 saturated carbocycles. The van der Waals surface area contributed by atoms with Gasteiger partial charge in [-0.1, -0.05) is 44.4 Å². The third kappa shape index (κ3) is 3.47. The number of para-hydroxylation sites is 1. The van der Waals surface area contributed by atoms with Crippen molar-refractivity contribution in [2.24, 2.45) is 11.8 Å². The molecule has 2 unspecified atom stereocenters. The van der Waals surface area contributed by atoms with Gasteiger partial charge in [0.1, 0.15) is 0 Å². The lowest BCUT2D eigenvalue weighted by molar-refractivity contribution is -0.135. The highest BCUT2D eigenvalue weighted by Crippen LogP contribution is 2.35. The maximum atomic E-state index is 13.2. The van der Waals surface area contributed by atoms with Gasteiger partial charge in [0.15, 0.2) is 0 Å². The van der Waals surface area contributed by atoms with Crippen molar-refractivity contribution in [3.8, 4) is 0 Å². The Bertz CT molecular complexity index is 599. The molecule has 1 aromatic rings. The highest BCUT2D eigenvalue weighted by Gasteiger charge is 2.39. The molecule has 1 fully saturated rings. The highest BCUT2D eigenvalue weighted by molar-refractivity contribution is 5.99. The van der Waals surface area contributed by atoms with E-state index in [1.807, 2.05) is 23.1 Å². The number of hydrogen-bond donors (Lipinski definition) is 1. The second-order valence-corrected chi connectivity index (χ2v) is 7.01. The van der Waals surface area contributed by atoms with E-state index in [0.29, 0.717) is 0 Å². The van der Waals surface area contributed by atoms with Gasteiger partial charge in [0.25, 0.3) is 0 Å². The molecule has 1 aliphatic heterocycles. The molecule has 1 heterocycles. The van der Waals surface area contributed by atoms with Gasteiger partial charge in [-0.25, -0.2) is 0 Å². The number of hydrogen-bond acceptors (Lipinski definition) is 2. The monoisotopic (exact) mass is 328 g/mol. The number of carbonyl (C=O) groups excluding carboxylic acids is 2. The first kappa shape index (κ1) is 17.0. The van der Waals surface area contributed by atoms with E-state index in [-0.39, 0.29) is 23.7 Å². The average Bonchev–Trinajstić information content (AvgIpc) is 3.05. The Labute approximate surface area is 144 Å². The number of nitrogens with zero attached hydrogens (tertiary/aromatic N) is 1. The summed E-state index contributed by atoms with van der Waals surface area (Å²) in [4.78, 5) is 27.6. The first-order valence-corrected chi connectivity index (χ1v) is 9.39. The quantitative estimate of drug-likeness (QED) is 0.843. The zero-order valence-electron chi connectivity index (χ0n) is 14.6. The standard InChI is InChI=1S/C20H28N2O2/c1-2-3-13-21-19(23)16-9-5-6-10-17(16)20(24)22-14-12-15-8-4-7-11-18(15)22/h4,7-8,11,16-17H,2-3,5-6,9-10,12-14H2,1H3,(H,21,23). The molecule has 0 saturated heterocycles. The van der Waals surface area contributed by atoms with Crippen LogP contribution >= 0.6 is 0 Å². The Morgan fingerprint density at radius 1 is 1.17 bits per heavy atom. The summed E-state index contributed by atoms with van der Waals surface area (Å²) in [6.07, 6.45) is 6.75. The van der Waals surface area contributed by atoms with E-state index < -0.39 is 0 Å². The van der Waals surface area contributed by atoms with Gasteiger partial charge in [-0.15, -0.1) is 0 Å². The molecule has 2 amide bonds. The minimum absolute atomic E-state index is 0.0778. The lowest BCUT2D eigenvalue weighted by Gasteiger charge is -2.32. The highest BCUT2D eigenvalue weighted by atomic mass is 16.2. The van der Waals surface area contributed by atoms with Crippen LogP contribution in [0, 0.1) is 11.8 Å². The average molecular weight is 328 g/mol. The normalized spacial score (nSPS) is 23.0. The molecule has 1 N–H and O–H groups in total. The summed E-state index contributed by atoms with van der Waals surface area (Å²) in [7, 11) is 0. The number of unbranched alkanes of at least 4 members (excludes halogenated alkanes) is 1. The van der Waals surface area contributed by atoms with Gasteiger partial charge in [0.2, 0.25) is 11.8 Å². The number of amides is 2. The molecule has 0 bridgehead atoms. The van der Waals surface area contributed by atoms with Crippen molar-refractivity contribution >= 4 is 17.5 Å². The summed E-state index contributed by atoms with van der Waals surface area (Å²) in [6.45, 7) is 3.59. The Balaban J connectivity index is 1.71. The van der Waals surface area contributed by atoms with Crippen LogP contribution in [0.3, 0.4) is 0 Å². The fourth-order valence-electron chi connectivity index (χ4n) is 4.03. The van der Waals surface area contributed by atoms with Gasteiger partial charge in [0.05, 0.1) is 5.92 Å². The Morgan fingerprint density at radius 3 is 2.71 bits per heavy atom. The van der Waals surface area contributed by atoms with Crippen molar-refractivity contribution in [1.82, 2.24) is 5.32 Å². The van der Waals surface area contributed by atoms with Crippen LogP contribution in [0.5, 0.6) is 0 Å². The molecule has 0 radical (unpaired) electrons. The van der Waals surface area contributed by atoms with Gasteiger partial charge >= 0.3 is 0 Å². The minimum atomic E-state index is -0.161. The van der Waals surface area contributed by atoms with E-state index >= 15 is 0 Å². The topological polar surface area (TPSA) is 49.4 Å². The van der Waals surface area contributed by atoms with Crippen LogP contribution in [0.15, 0.2) is 24.3 Å².